The summed E-state index contributed by atoms with van der Waals surface area (Å²) in [4.78, 5) is 27.7. The molecule has 0 radical (unpaired) electrons. The van der Waals surface area contributed by atoms with Crippen LogP contribution >= 0.6 is 0 Å². The highest BCUT2D eigenvalue weighted by atomic mass is 16.2. The number of aromatic nitrogens is 1. The van der Waals surface area contributed by atoms with E-state index >= 15 is 0 Å². The number of nitrogens with one attached hydrogen (secondary N) is 3. The van der Waals surface area contributed by atoms with Crippen molar-refractivity contribution in [2.45, 2.75) is 26.7 Å². The summed E-state index contributed by atoms with van der Waals surface area (Å²) in [6.07, 6.45) is 1.92. The molecule has 0 unspecified atom stereocenters. The molecule has 26 heavy (non-hydrogen) atoms. The summed E-state index contributed by atoms with van der Waals surface area (Å²) < 4.78 is 0. The molecule has 0 saturated heterocycles. The summed E-state index contributed by atoms with van der Waals surface area (Å²) in [6.45, 7) is 4.07. The van der Waals surface area contributed by atoms with Crippen molar-refractivity contribution < 1.29 is 9.59 Å². The molecule has 1 fully saturated rings. The number of amides is 2. The quantitative estimate of drug-likeness (QED) is 0.655. The van der Waals surface area contributed by atoms with E-state index in [0.29, 0.717) is 17.1 Å². The molecule has 5 nitrogen and oxygen atoms in total. The molecule has 5 heteroatoms. The minimum atomic E-state index is -0.205. The number of hydrogen-bond donors (Lipinski definition) is 3. The molecule has 1 heterocycles. The predicted octanol–water partition coefficient (Wildman–Crippen LogP) is 4.39. The first-order valence-corrected chi connectivity index (χ1v) is 8.82. The van der Waals surface area contributed by atoms with Crippen molar-refractivity contribution in [3.8, 4) is 0 Å². The topological polar surface area (TPSA) is 74.0 Å². The van der Waals surface area contributed by atoms with E-state index in [1.165, 1.54) is 0 Å². The van der Waals surface area contributed by atoms with Gasteiger partial charge in [-0.05, 0) is 68.1 Å². The van der Waals surface area contributed by atoms with E-state index in [1.807, 2.05) is 44.2 Å². The Morgan fingerprint density at radius 3 is 2.46 bits per heavy atom. The van der Waals surface area contributed by atoms with Crippen molar-refractivity contribution in [3.63, 3.8) is 0 Å². The van der Waals surface area contributed by atoms with Crippen molar-refractivity contribution in [2.75, 3.05) is 10.6 Å². The van der Waals surface area contributed by atoms with Crippen molar-refractivity contribution in [1.29, 1.82) is 0 Å². The number of carbonyl (C=O) groups is 2. The van der Waals surface area contributed by atoms with E-state index in [1.54, 1.807) is 6.07 Å². The second kappa shape index (κ2) is 6.33. The van der Waals surface area contributed by atoms with Crippen LogP contribution < -0.4 is 10.6 Å². The van der Waals surface area contributed by atoms with Crippen LogP contribution in [0.1, 0.15) is 34.5 Å². The van der Waals surface area contributed by atoms with E-state index in [9.17, 15) is 9.59 Å². The first-order valence-electron chi connectivity index (χ1n) is 8.82. The largest absolute Gasteiger partial charge is 0.351 e. The SMILES string of the molecule is Cc1cc(C)c2cc(C(=O)Nc3cccc(NC(=O)C4CC4)c3)[nH]c2c1. The van der Waals surface area contributed by atoms with Gasteiger partial charge < -0.3 is 15.6 Å². The van der Waals surface area contributed by atoms with Gasteiger partial charge in [0.05, 0.1) is 0 Å². The van der Waals surface area contributed by atoms with Crippen LogP contribution in [-0.4, -0.2) is 16.8 Å². The Labute approximate surface area is 151 Å². The van der Waals surface area contributed by atoms with Crippen LogP contribution in [0.15, 0.2) is 42.5 Å². The Morgan fingerprint density at radius 1 is 1.00 bits per heavy atom. The van der Waals surface area contributed by atoms with Gasteiger partial charge in [0.15, 0.2) is 0 Å². The number of anilines is 2. The number of fused-ring (bicyclic) bond motifs is 1. The van der Waals surface area contributed by atoms with Gasteiger partial charge in [-0.1, -0.05) is 12.1 Å². The highest BCUT2D eigenvalue weighted by molar-refractivity contribution is 6.06. The Bertz CT molecular complexity index is 1020. The highest BCUT2D eigenvalue weighted by Gasteiger charge is 2.29. The van der Waals surface area contributed by atoms with Gasteiger partial charge in [0.2, 0.25) is 5.91 Å². The third kappa shape index (κ3) is 3.33. The van der Waals surface area contributed by atoms with Crippen molar-refractivity contribution >= 4 is 34.1 Å². The molecule has 1 saturated carbocycles. The Kier molecular flexibility index (Phi) is 3.99. The summed E-state index contributed by atoms with van der Waals surface area (Å²) in [7, 11) is 0. The first-order chi connectivity index (χ1) is 12.5. The normalized spacial score (nSPS) is 13.6. The van der Waals surface area contributed by atoms with Crippen molar-refractivity contribution in [3.05, 3.63) is 59.3 Å². The molecule has 3 aromatic rings. The van der Waals surface area contributed by atoms with Gasteiger partial charge in [0.25, 0.3) is 5.91 Å². The Hall–Kier alpha value is -3.08. The van der Waals surface area contributed by atoms with Gasteiger partial charge in [0.1, 0.15) is 5.69 Å². The number of rotatable bonds is 4. The molecule has 1 aliphatic carbocycles. The maximum absolute atomic E-state index is 12.6. The first kappa shape index (κ1) is 16.4. The second-order valence-corrected chi connectivity index (χ2v) is 7.02. The van der Waals surface area contributed by atoms with Crippen molar-refractivity contribution in [2.24, 2.45) is 5.92 Å². The van der Waals surface area contributed by atoms with E-state index in [2.05, 4.69) is 21.7 Å². The average Bonchev–Trinajstić information content (AvgIpc) is 3.35. The molecule has 0 bridgehead atoms. The molecule has 0 aliphatic heterocycles. The van der Waals surface area contributed by atoms with Crippen LogP contribution in [0.2, 0.25) is 0 Å². The molecule has 1 aliphatic rings. The van der Waals surface area contributed by atoms with Crippen LogP contribution in [0.5, 0.6) is 0 Å². The van der Waals surface area contributed by atoms with Gasteiger partial charge in [-0.3, -0.25) is 9.59 Å². The number of aromatic amines is 1. The number of H-pyrrole nitrogens is 1. The van der Waals surface area contributed by atoms with Crippen LogP contribution in [0.3, 0.4) is 0 Å². The van der Waals surface area contributed by atoms with E-state index < -0.39 is 0 Å². The smallest absolute Gasteiger partial charge is 0.272 e. The molecule has 2 amide bonds. The molecule has 1 aromatic heterocycles. The maximum atomic E-state index is 12.6. The standard InChI is InChI=1S/C21H21N3O2/c1-12-8-13(2)17-11-19(24-18(17)9-12)21(26)23-16-5-3-4-15(10-16)22-20(25)14-6-7-14/h3-5,8-11,14,24H,6-7H2,1-2H3,(H,22,25)(H,23,26). The molecule has 4 rings (SSSR count). The molecule has 0 atom stereocenters. The third-order valence-electron chi connectivity index (χ3n) is 4.67. The summed E-state index contributed by atoms with van der Waals surface area (Å²) in [5, 5.41) is 6.83. The average molecular weight is 347 g/mol. The summed E-state index contributed by atoms with van der Waals surface area (Å²) in [5.41, 5.74) is 5.11. The van der Waals surface area contributed by atoms with Crippen LogP contribution in [0.4, 0.5) is 11.4 Å². The zero-order chi connectivity index (χ0) is 18.3. The minimum Gasteiger partial charge on any atom is -0.351 e. The van der Waals surface area contributed by atoms with Crippen LogP contribution in [0.25, 0.3) is 10.9 Å². The van der Waals surface area contributed by atoms with Gasteiger partial charge in [-0.2, -0.15) is 0 Å². The van der Waals surface area contributed by atoms with Gasteiger partial charge in [-0.25, -0.2) is 0 Å². The van der Waals surface area contributed by atoms with E-state index in [-0.39, 0.29) is 17.7 Å². The zero-order valence-corrected chi connectivity index (χ0v) is 14.8. The van der Waals surface area contributed by atoms with E-state index in [0.717, 1.165) is 34.9 Å². The monoisotopic (exact) mass is 347 g/mol. The van der Waals surface area contributed by atoms with Crippen LogP contribution in [-0.2, 0) is 4.79 Å². The molecule has 132 valence electrons. The molecule has 2 aromatic carbocycles. The maximum Gasteiger partial charge on any atom is 0.272 e. The number of benzene rings is 2. The lowest BCUT2D eigenvalue weighted by atomic mass is 10.1. The number of carbonyl (C=O) groups excluding carboxylic acids is 2. The fourth-order valence-electron chi connectivity index (χ4n) is 3.18. The fraction of sp³-hybridized carbons (Fsp3) is 0.238. The predicted molar refractivity (Wildman–Crippen MR) is 104 cm³/mol. The highest BCUT2D eigenvalue weighted by Crippen LogP contribution is 2.30. The number of aryl methyl sites for hydroxylation is 2. The lowest BCUT2D eigenvalue weighted by Crippen LogP contribution is -2.15. The minimum absolute atomic E-state index is 0.0509. The summed E-state index contributed by atoms with van der Waals surface area (Å²) in [6, 6.07) is 13.2. The summed E-state index contributed by atoms with van der Waals surface area (Å²) in [5.74, 6) is -0.00912. The molecule has 0 spiro atoms. The van der Waals surface area contributed by atoms with Gasteiger partial charge in [-0.15, -0.1) is 0 Å². The second-order valence-electron chi connectivity index (χ2n) is 7.02. The van der Waals surface area contributed by atoms with Gasteiger partial charge in [0, 0.05) is 28.2 Å². The van der Waals surface area contributed by atoms with Crippen LogP contribution in [0, 0.1) is 19.8 Å². The third-order valence-corrected chi connectivity index (χ3v) is 4.67. The Morgan fingerprint density at radius 2 is 1.73 bits per heavy atom. The van der Waals surface area contributed by atoms with E-state index in [4.69, 9.17) is 0 Å². The number of hydrogen-bond acceptors (Lipinski definition) is 2. The molecular formula is C21H21N3O2. The van der Waals surface area contributed by atoms with Gasteiger partial charge >= 0.3 is 0 Å². The lowest BCUT2D eigenvalue weighted by Gasteiger charge is -2.08. The molecule has 3 N–H and O–H groups in total. The fourth-order valence-corrected chi connectivity index (χ4v) is 3.18. The Balaban J connectivity index is 1.52. The summed E-state index contributed by atoms with van der Waals surface area (Å²) >= 11 is 0. The van der Waals surface area contributed by atoms with Crippen molar-refractivity contribution in [1.82, 2.24) is 4.98 Å². The lowest BCUT2D eigenvalue weighted by molar-refractivity contribution is -0.117. The molecular weight excluding hydrogens is 326 g/mol. The zero-order valence-electron chi connectivity index (χ0n) is 14.8.